The van der Waals surface area contributed by atoms with Crippen molar-refractivity contribution in [2.24, 2.45) is 0 Å². The fourth-order valence-corrected chi connectivity index (χ4v) is 2.90. The van der Waals surface area contributed by atoms with E-state index in [1.54, 1.807) is 12.7 Å². The lowest BCUT2D eigenvalue weighted by Gasteiger charge is -2.08. The average molecular weight is 339 g/mol. The summed E-state index contributed by atoms with van der Waals surface area (Å²) in [5.74, 6) is 6.61. The third-order valence-corrected chi connectivity index (χ3v) is 4.24. The topological polar surface area (TPSA) is 50.9 Å². The van der Waals surface area contributed by atoms with Gasteiger partial charge in [0, 0.05) is 12.0 Å². The number of benzene rings is 3. The molecule has 1 heterocycles. The Morgan fingerprint density at radius 1 is 0.885 bits per heavy atom. The summed E-state index contributed by atoms with van der Waals surface area (Å²) in [6, 6.07) is 20.0. The Morgan fingerprint density at radius 3 is 2.50 bits per heavy atom. The highest BCUT2D eigenvalue weighted by atomic mass is 16.3. The second-order valence-corrected chi connectivity index (χ2v) is 6.14. The monoisotopic (exact) mass is 339 g/mol. The minimum absolute atomic E-state index is 0.327. The van der Waals surface area contributed by atoms with Crippen LogP contribution in [0.4, 0.5) is 0 Å². The number of hydrogen-bond donors (Lipinski definition) is 1. The molecule has 1 N–H and O–H groups in total. The Hall–Kier alpha value is -3.58. The summed E-state index contributed by atoms with van der Waals surface area (Å²) in [6.45, 7) is 0.555. The molecular weight excluding hydrogens is 322 g/mol. The van der Waals surface area contributed by atoms with Crippen LogP contribution in [-0.2, 0) is 13.0 Å². The number of phenols is 1. The van der Waals surface area contributed by atoms with Crippen LogP contribution in [-0.4, -0.2) is 19.9 Å². The summed E-state index contributed by atoms with van der Waals surface area (Å²) in [5.41, 5.74) is 3.03. The third kappa shape index (κ3) is 3.57. The fourth-order valence-electron chi connectivity index (χ4n) is 2.90. The summed E-state index contributed by atoms with van der Waals surface area (Å²) < 4.78 is 1.82. The Morgan fingerprint density at radius 2 is 1.69 bits per heavy atom. The summed E-state index contributed by atoms with van der Waals surface area (Å²) in [4.78, 5) is 0. The summed E-state index contributed by atoms with van der Waals surface area (Å²) in [6.07, 6.45) is 3.99. The molecule has 0 saturated carbocycles. The first-order valence-electron chi connectivity index (χ1n) is 8.39. The molecule has 0 atom stereocenters. The molecule has 0 spiro atoms. The van der Waals surface area contributed by atoms with E-state index in [1.165, 1.54) is 5.56 Å². The van der Waals surface area contributed by atoms with Crippen molar-refractivity contribution in [1.29, 1.82) is 0 Å². The van der Waals surface area contributed by atoms with Crippen molar-refractivity contribution >= 4 is 10.8 Å². The highest BCUT2D eigenvalue weighted by Gasteiger charge is 2.06. The third-order valence-electron chi connectivity index (χ3n) is 4.24. The lowest BCUT2D eigenvalue weighted by molar-refractivity contribution is 0.470. The van der Waals surface area contributed by atoms with Crippen LogP contribution >= 0.6 is 0 Å². The van der Waals surface area contributed by atoms with Crippen molar-refractivity contribution < 1.29 is 5.11 Å². The molecule has 0 amide bonds. The van der Waals surface area contributed by atoms with Crippen molar-refractivity contribution in [3.63, 3.8) is 0 Å². The molecule has 4 rings (SSSR count). The zero-order valence-corrected chi connectivity index (χ0v) is 14.1. The Bertz CT molecular complexity index is 1090. The van der Waals surface area contributed by atoms with E-state index >= 15 is 0 Å². The highest BCUT2D eigenvalue weighted by Crippen LogP contribution is 2.27. The number of nitrogens with zero attached hydrogens (tertiary/aromatic N) is 3. The zero-order valence-electron chi connectivity index (χ0n) is 14.1. The van der Waals surface area contributed by atoms with Crippen molar-refractivity contribution in [3.8, 4) is 17.6 Å². The van der Waals surface area contributed by atoms with E-state index in [9.17, 15) is 5.11 Å². The van der Waals surface area contributed by atoms with Gasteiger partial charge in [-0.15, -0.1) is 10.2 Å². The minimum atomic E-state index is 0.327. The van der Waals surface area contributed by atoms with Crippen LogP contribution in [0.3, 0.4) is 0 Å². The minimum Gasteiger partial charge on any atom is -0.508 e. The second kappa shape index (κ2) is 7.12. The van der Waals surface area contributed by atoms with Crippen molar-refractivity contribution in [2.45, 2.75) is 13.0 Å². The molecule has 0 aliphatic rings. The molecule has 4 aromatic rings. The van der Waals surface area contributed by atoms with Gasteiger partial charge < -0.3 is 9.67 Å². The second-order valence-electron chi connectivity index (χ2n) is 6.14. The maximum absolute atomic E-state index is 10.3. The molecule has 0 fully saturated rings. The van der Waals surface area contributed by atoms with E-state index in [0.29, 0.717) is 18.7 Å². The maximum atomic E-state index is 10.3. The largest absolute Gasteiger partial charge is 0.508 e. The number of rotatable bonds is 3. The van der Waals surface area contributed by atoms with E-state index in [0.717, 1.165) is 21.9 Å². The molecular formula is C22H17N3O. The standard InChI is InChI=1S/C22H17N3O/c26-22-14-19-9-8-18(7-4-10-25-15-23-24-16-25)11-20(19)13-21(22)12-17-5-2-1-3-6-17/h1-3,5-6,8-9,11,13-16,26H,10,12H2. The SMILES string of the molecule is Oc1cc2ccc(C#CCn3cnnc3)cc2cc1Cc1ccccc1. The molecule has 3 aromatic carbocycles. The molecule has 4 heteroatoms. The molecule has 1 aromatic heterocycles. The lowest BCUT2D eigenvalue weighted by Crippen LogP contribution is -1.91. The number of hydrogen-bond acceptors (Lipinski definition) is 3. The summed E-state index contributed by atoms with van der Waals surface area (Å²) in [5, 5.41) is 19.9. The van der Waals surface area contributed by atoms with E-state index in [2.05, 4.69) is 40.2 Å². The van der Waals surface area contributed by atoms with Gasteiger partial charge in [0.25, 0.3) is 0 Å². The molecule has 0 radical (unpaired) electrons. The normalized spacial score (nSPS) is 10.5. The molecule has 126 valence electrons. The number of aromatic nitrogens is 3. The fraction of sp³-hybridized carbons (Fsp3) is 0.0909. The summed E-state index contributed by atoms with van der Waals surface area (Å²) in [7, 11) is 0. The van der Waals surface area contributed by atoms with E-state index in [-0.39, 0.29) is 0 Å². The van der Waals surface area contributed by atoms with Crippen LogP contribution in [0, 0.1) is 11.8 Å². The maximum Gasteiger partial charge on any atom is 0.120 e. The summed E-state index contributed by atoms with van der Waals surface area (Å²) >= 11 is 0. The number of aromatic hydroxyl groups is 1. The van der Waals surface area contributed by atoms with E-state index in [4.69, 9.17) is 0 Å². The van der Waals surface area contributed by atoms with Crippen LogP contribution in [0.25, 0.3) is 10.8 Å². The van der Waals surface area contributed by atoms with Gasteiger partial charge in [0.1, 0.15) is 18.4 Å². The van der Waals surface area contributed by atoms with Gasteiger partial charge in [0.05, 0.1) is 6.54 Å². The lowest BCUT2D eigenvalue weighted by atomic mass is 9.99. The van der Waals surface area contributed by atoms with Crippen LogP contribution in [0.1, 0.15) is 16.7 Å². The van der Waals surface area contributed by atoms with Crippen LogP contribution in [0.5, 0.6) is 5.75 Å². The zero-order chi connectivity index (χ0) is 17.8. The molecule has 0 aliphatic heterocycles. The van der Waals surface area contributed by atoms with Gasteiger partial charge in [0.2, 0.25) is 0 Å². The van der Waals surface area contributed by atoms with Gasteiger partial charge in [-0.25, -0.2) is 0 Å². The van der Waals surface area contributed by atoms with Gasteiger partial charge in [-0.05, 0) is 46.2 Å². The Labute approximate surface area is 151 Å². The van der Waals surface area contributed by atoms with Gasteiger partial charge in [-0.2, -0.15) is 0 Å². The van der Waals surface area contributed by atoms with Gasteiger partial charge in [0.15, 0.2) is 0 Å². The molecule has 4 nitrogen and oxygen atoms in total. The molecule has 0 aliphatic carbocycles. The van der Waals surface area contributed by atoms with Crippen LogP contribution in [0.2, 0.25) is 0 Å². The predicted molar refractivity (Wildman–Crippen MR) is 102 cm³/mol. The number of phenolic OH excluding ortho intramolecular Hbond substituents is 1. The van der Waals surface area contributed by atoms with Gasteiger partial charge in [-0.3, -0.25) is 0 Å². The highest BCUT2D eigenvalue weighted by molar-refractivity contribution is 5.86. The van der Waals surface area contributed by atoms with Crippen molar-refractivity contribution in [2.75, 3.05) is 0 Å². The Kier molecular flexibility index (Phi) is 4.36. The molecule has 26 heavy (non-hydrogen) atoms. The van der Waals surface area contributed by atoms with E-state index < -0.39 is 0 Å². The molecule has 0 unspecified atom stereocenters. The smallest absolute Gasteiger partial charge is 0.120 e. The first kappa shape index (κ1) is 15.9. The molecule has 0 saturated heterocycles. The number of fused-ring (bicyclic) bond motifs is 1. The average Bonchev–Trinajstić information content (AvgIpc) is 3.17. The van der Waals surface area contributed by atoms with Crippen LogP contribution in [0.15, 0.2) is 73.3 Å². The van der Waals surface area contributed by atoms with Crippen molar-refractivity contribution in [1.82, 2.24) is 14.8 Å². The van der Waals surface area contributed by atoms with Gasteiger partial charge >= 0.3 is 0 Å². The van der Waals surface area contributed by atoms with E-state index in [1.807, 2.05) is 47.0 Å². The van der Waals surface area contributed by atoms with Crippen molar-refractivity contribution in [3.05, 3.63) is 90.0 Å². The van der Waals surface area contributed by atoms with Gasteiger partial charge in [-0.1, -0.05) is 48.2 Å². The molecule has 0 bridgehead atoms. The first-order chi connectivity index (χ1) is 12.8. The van der Waals surface area contributed by atoms with Crippen LogP contribution < -0.4 is 0 Å². The predicted octanol–water partition coefficient (Wildman–Crippen LogP) is 3.78. The first-order valence-corrected chi connectivity index (χ1v) is 8.39. The Balaban J connectivity index is 1.62. The quantitative estimate of drug-likeness (QED) is 0.578.